The Hall–Kier alpha value is -3.23. The van der Waals surface area contributed by atoms with Gasteiger partial charge in [-0.3, -0.25) is 14.5 Å². The molecule has 3 aromatic rings. The van der Waals surface area contributed by atoms with Crippen LogP contribution in [0, 0.1) is 5.92 Å². The van der Waals surface area contributed by atoms with Crippen molar-refractivity contribution >= 4 is 22.8 Å². The third-order valence-corrected chi connectivity index (χ3v) is 4.89. The van der Waals surface area contributed by atoms with Gasteiger partial charge in [0.15, 0.2) is 5.65 Å². The Labute approximate surface area is 156 Å². The lowest BCUT2D eigenvalue weighted by Crippen LogP contribution is -2.36. The Kier molecular flexibility index (Phi) is 4.57. The van der Waals surface area contributed by atoms with Crippen molar-refractivity contribution in [2.24, 2.45) is 18.7 Å². The molecule has 9 heteroatoms. The van der Waals surface area contributed by atoms with E-state index in [9.17, 15) is 4.79 Å². The largest absolute Gasteiger partial charge is 0.493 e. The van der Waals surface area contributed by atoms with Crippen LogP contribution < -0.4 is 15.4 Å². The maximum absolute atomic E-state index is 11.2. The molecule has 27 heavy (non-hydrogen) atoms. The van der Waals surface area contributed by atoms with E-state index in [1.165, 1.54) is 6.20 Å². The van der Waals surface area contributed by atoms with E-state index in [1.54, 1.807) is 23.1 Å². The first-order chi connectivity index (χ1) is 13.1. The number of nitrogens with zero attached hydrogens (tertiary/aromatic N) is 6. The summed E-state index contributed by atoms with van der Waals surface area (Å²) in [5.41, 5.74) is 6.31. The summed E-state index contributed by atoms with van der Waals surface area (Å²) < 4.78 is 7.61. The van der Waals surface area contributed by atoms with Crippen LogP contribution in [0.5, 0.6) is 5.75 Å². The zero-order valence-electron chi connectivity index (χ0n) is 15.1. The molecule has 0 saturated carbocycles. The fourth-order valence-corrected chi connectivity index (χ4v) is 3.36. The van der Waals surface area contributed by atoms with Crippen molar-refractivity contribution in [1.82, 2.24) is 24.7 Å². The van der Waals surface area contributed by atoms with Gasteiger partial charge in [0.25, 0.3) is 5.91 Å². The second-order valence-electron chi connectivity index (χ2n) is 6.69. The summed E-state index contributed by atoms with van der Waals surface area (Å²) in [5, 5.41) is 5.26. The quantitative estimate of drug-likeness (QED) is 0.720. The number of carbonyl (C=O) groups excluding carboxylic acids is 1. The molecule has 140 valence electrons. The standard InChI is InChI=1S/C18H21N7O2/c1-24-17-14(9-23-24)18(22-11-21-17)25-6-3-12(4-7-25)10-27-13-2-5-20-15(8-13)16(19)26/h2,5,8-9,11-12H,3-4,6-7,10H2,1H3,(H2,19,26). The fourth-order valence-electron chi connectivity index (χ4n) is 3.36. The number of nitrogens with two attached hydrogens (primary N) is 1. The van der Waals surface area contributed by atoms with Gasteiger partial charge in [-0.2, -0.15) is 5.10 Å². The first kappa shape index (κ1) is 17.2. The van der Waals surface area contributed by atoms with E-state index in [1.807, 2.05) is 13.2 Å². The van der Waals surface area contributed by atoms with E-state index in [0.717, 1.165) is 42.8 Å². The van der Waals surface area contributed by atoms with Gasteiger partial charge in [-0.1, -0.05) is 0 Å². The van der Waals surface area contributed by atoms with Gasteiger partial charge in [-0.15, -0.1) is 0 Å². The van der Waals surface area contributed by atoms with Crippen LogP contribution in [0.1, 0.15) is 23.3 Å². The average molecular weight is 367 g/mol. The summed E-state index contributed by atoms with van der Waals surface area (Å²) in [7, 11) is 1.88. The van der Waals surface area contributed by atoms with Crippen LogP contribution in [-0.2, 0) is 7.05 Å². The highest BCUT2D eigenvalue weighted by Gasteiger charge is 2.23. The molecular formula is C18H21N7O2. The number of piperidine rings is 1. The molecule has 1 saturated heterocycles. The van der Waals surface area contributed by atoms with Gasteiger partial charge in [-0.25, -0.2) is 9.97 Å². The smallest absolute Gasteiger partial charge is 0.267 e. The van der Waals surface area contributed by atoms with Crippen LogP contribution in [0.4, 0.5) is 5.82 Å². The van der Waals surface area contributed by atoms with E-state index in [-0.39, 0.29) is 5.69 Å². The van der Waals surface area contributed by atoms with E-state index in [0.29, 0.717) is 18.3 Å². The number of carbonyl (C=O) groups is 1. The van der Waals surface area contributed by atoms with Crippen LogP contribution in [0.3, 0.4) is 0 Å². The minimum atomic E-state index is -0.555. The molecule has 0 radical (unpaired) electrons. The lowest BCUT2D eigenvalue weighted by molar-refractivity contribution is 0.0995. The molecule has 0 spiro atoms. The highest BCUT2D eigenvalue weighted by Crippen LogP contribution is 2.27. The van der Waals surface area contributed by atoms with E-state index in [2.05, 4.69) is 25.0 Å². The number of ether oxygens (including phenoxy) is 1. The third-order valence-electron chi connectivity index (χ3n) is 4.89. The van der Waals surface area contributed by atoms with Crippen LogP contribution >= 0.6 is 0 Å². The summed E-state index contributed by atoms with van der Waals surface area (Å²) in [6.07, 6.45) is 6.94. The minimum Gasteiger partial charge on any atom is -0.493 e. The summed E-state index contributed by atoms with van der Waals surface area (Å²) >= 11 is 0. The first-order valence-electron chi connectivity index (χ1n) is 8.88. The molecule has 3 aromatic heterocycles. The van der Waals surface area contributed by atoms with Gasteiger partial charge in [-0.05, 0) is 24.8 Å². The molecule has 0 atom stereocenters. The molecule has 0 unspecified atom stereocenters. The first-order valence-corrected chi connectivity index (χ1v) is 8.88. The second kappa shape index (κ2) is 7.18. The van der Waals surface area contributed by atoms with Crippen molar-refractivity contribution in [2.45, 2.75) is 12.8 Å². The Balaban J connectivity index is 1.36. The van der Waals surface area contributed by atoms with Crippen molar-refractivity contribution < 1.29 is 9.53 Å². The number of anilines is 1. The number of aryl methyl sites for hydroxylation is 1. The molecule has 4 rings (SSSR count). The van der Waals surface area contributed by atoms with Crippen molar-refractivity contribution in [1.29, 1.82) is 0 Å². The van der Waals surface area contributed by atoms with Crippen molar-refractivity contribution in [3.63, 3.8) is 0 Å². The maximum Gasteiger partial charge on any atom is 0.267 e. The number of hydrogen-bond acceptors (Lipinski definition) is 7. The number of amides is 1. The number of pyridine rings is 1. The lowest BCUT2D eigenvalue weighted by atomic mass is 9.97. The normalized spacial score (nSPS) is 15.2. The highest BCUT2D eigenvalue weighted by atomic mass is 16.5. The number of rotatable bonds is 5. The molecule has 4 heterocycles. The maximum atomic E-state index is 11.2. The molecule has 0 aromatic carbocycles. The molecule has 1 amide bonds. The molecule has 1 fully saturated rings. The van der Waals surface area contributed by atoms with Gasteiger partial charge in [0.1, 0.15) is 23.6 Å². The predicted molar refractivity (Wildman–Crippen MR) is 99.5 cm³/mol. The summed E-state index contributed by atoms with van der Waals surface area (Å²) in [5.74, 6) is 1.44. The Morgan fingerprint density at radius 1 is 1.30 bits per heavy atom. The minimum absolute atomic E-state index is 0.214. The van der Waals surface area contributed by atoms with Gasteiger partial charge in [0.05, 0.1) is 18.2 Å². The van der Waals surface area contributed by atoms with E-state index in [4.69, 9.17) is 10.5 Å². The topological polar surface area (TPSA) is 112 Å². The average Bonchev–Trinajstić information content (AvgIpc) is 3.08. The van der Waals surface area contributed by atoms with E-state index < -0.39 is 5.91 Å². The zero-order chi connectivity index (χ0) is 18.8. The SMILES string of the molecule is Cn1ncc2c(N3CCC(COc4ccnc(C(N)=O)c4)CC3)ncnc21. The van der Waals surface area contributed by atoms with Crippen molar-refractivity contribution in [2.75, 3.05) is 24.6 Å². The lowest BCUT2D eigenvalue weighted by Gasteiger charge is -2.32. The van der Waals surface area contributed by atoms with Gasteiger partial charge >= 0.3 is 0 Å². The zero-order valence-corrected chi connectivity index (χ0v) is 15.1. The van der Waals surface area contributed by atoms with Crippen molar-refractivity contribution in [3.8, 4) is 5.75 Å². The summed E-state index contributed by atoms with van der Waals surface area (Å²) in [6, 6.07) is 3.32. The second-order valence-corrected chi connectivity index (χ2v) is 6.69. The molecule has 0 aliphatic carbocycles. The summed E-state index contributed by atoms with van der Waals surface area (Å²) in [6.45, 7) is 2.40. The van der Waals surface area contributed by atoms with Crippen LogP contribution in [-0.4, -0.2) is 50.3 Å². The van der Waals surface area contributed by atoms with Gasteiger partial charge in [0, 0.05) is 32.4 Å². The molecule has 1 aliphatic heterocycles. The van der Waals surface area contributed by atoms with Crippen LogP contribution in [0.25, 0.3) is 11.0 Å². The third kappa shape index (κ3) is 3.53. The number of aromatic nitrogens is 5. The Bertz CT molecular complexity index is 963. The Morgan fingerprint density at radius 2 is 2.11 bits per heavy atom. The highest BCUT2D eigenvalue weighted by molar-refractivity contribution is 5.91. The van der Waals surface area contributed by atoms with Gasteiger partial charge in [0.2, 0.25) is 0 Å². The summed E-state index contributed by atoms with van der Waals surface area (Å²) in [4.78, 5) is 26.2. The van der Waals surface area contributed by atoms with Gasteiger partial charge < -0.3 is 15.4 Å². The monoisotopic (exact) mass is 367 g/mol. The molecule has 1 aliphatic rings. The molecule has 0 bridgehead atoms. The molecule has 2 N–H and O–H groups in total. The van der Waals surface area contributed by atoms with Crippen molar-refractivity contribution in [3.05, 3.63) is 36.5 Å². The number of fused-ring (bicyclic) bond motifs is 1. The van der Waals surface area contributed by atoms with E-state index >= 15 is 0 Å². The molecular weight excluding hydrogens is 346 g/mol. The van der Waals surface area contributed by atoms with Crippen LogP contribution in [0.15, 0.2) is 30.9 Å². The molecule has 9 nitrogen and oxygen atoms in total. The number of primary amides is 1. The Morgan fingerprint density at radius 3 is 2.89 bits per heavy atom. The number of hydrogen-bond donors (Lipinski definition) is 1. The fraction of sp³-hybridized carbons (Fsp3) is 0.389. The van der Waals surface area contributed by atoms with Crippen LogP contribution in [0.2, 0.25) is 0 Å². The predicted octanol–water partition coefficient (Wildman–Crippen LogP) is 1.15.